The van der Waals surface area contributed by atoms with E-state index < -0.39 is 33.4 Å². The number of hydrogen-bond donors (Lipinski definition) is 3. The van der Waals surface area contributed by atoms with E-state index in [4.69, 9.17) is 4.74 Å². The van der Waals surface area contributed by atoms with Gasteiger partial charge in [-0.25, -0.2) is 0 Å². The van der Waals surface area contributed by atoms with E-state index >= 15 is 0 Å². The smallest absolute Gasteiger partial charge is 0.248 e. The minimum atomic E-state index is -0.768. The number of nitrogens with zero attached hydrogens (tertiary/aromatic N) is 1. The minimum absolute atomic E-state index is 0.111. The van der Waals surface area contributed by atoms with Crippen LogP contribution in [0.4, 0.5) is 5.69 Å². The topological polar surface area (TPSA) is 108 Å². The maximum atomic E-state index is 13.8. The Balaban J connectivity index is 1.70. The number of rotatable bonds is 8. The largest absolute Gasteiger partial charge is 0.497 e. The molecule has 0 aliphatic carbocycles. The van der Waals surface area contributed by atoms with Crippen LogP contribution in [0.5, 0.6) is 5.75 Å². The maximum absolute atomic E-state index is 13.8. The molecule has 33 heavy (non-hydrogen) atoms. The van der Waals surface area contributed by atoms with Gasteiger partial charge in [-0.05, 0) is 57.4 Å². The molecule has 8 nitrogen and oxygen atoms in total. The summed E-state index contributed by atoms with van der Waals surface area (Å²) in [6.07, 6.45) is 2.25. The quantitative estimate of drug-likeness (QED) is 0.531. The number of amides is 3. The highest BCUT2D eigenvalue weighted by molar-refractivity contribution is 8.02. The van der Waals surface area contributed by atoms with Gasteiger partial charge in [-0.1, -0.05) is 6.92 Å². The van der Waals surface area contributed by atoms with Gasteiger partial charge >= 0.3 is 0 Å². The first-order valence-electron chi connectivity index (χ1n) is 11.6. The predicted octanol–water partition coefficient (Wildman–Crippen LogP) is 2.02. The third-order valence-corrected chi connectivity index (χ3v) is 9.38. The number of nitrogens with one attached hydrogen (secondary N) is 2. The van der Waals surface area contributed by atoms with Crippen molar-refractivity contribution < 1.29 is 24.2 Å². The molecule has 1 aromatic rings. The number of anilines is 1. The average Bonchev–Trinajstić information content (AvgIpc) is 3.38. The number of carbonyl (C=O) groups is 3. The average molecular weight is 476 g/mol. The van der Waals surface area contributed by atoms with Crippen molar-refractivity contribution in [3.8, 4) is 5.75 Å². The summed E-state index contributed by atoms with van der Waals surface area (Å²) in [6, 6.07) is 5.73. The Morgan fingerprint density at radius 2 is 1.97 bits per heavy atom. The van der Waals surface area contributed by atoms with Gasteiger partial charge in [0.1, 0.15) is 11.8 Å². The monoisotopic (exact) mass is 475 g/mol. The lowest BCUT2D eigenvalue weighted by atomic mass is 9.66. The van der Waals surface area contributed by atoms with Crippen molar-refractivity contribution in [3.63, 3.8) is 0 Å². The Labute approximate surface area is 198 Å². The number of carbonyl (C=O) groups excluding carboxylic acids is 3. The molecular formula is C24H33N3O5S. The molecule has 3 fully saturated rings. The molecule has 4 rings (SSSR count). The number of aliphatic hydroxyl groups is 1. The fourth-order valence-electron chi connectivity index (χ4n) is 5.87. The first kappa shape index (κ1) is 23.9. The first-order valence-corrected chi connectivity index (χ1v) is 12.4. The Morgan fingerprint density at radius 1 is 1.27 bits per heavy atom. The molecule has 9 heteroatoms. The molecule has 3 heterocycles. The second-order valence-electron chi connectivity index (χ2n) is 9.51. The van der Waals surface area contributed by atoms with Crippen LogP contribution in [0.25, 0.3) is 0 Å². The van der Waals surface area contributed by atoms with E-state index in [1.807, 2.05) is 13.8 Å². The highest BCUT2D eigenvalue weighted by Crippen LogP contribution is 2.71. The van der Waals surface area contributed by atoms with E-state index in [-0.39, 0.29) is 24.3 Å². The van der Waals surface area contributed by atoms with Crippen molar-refractivity contribution in [3.05, 3.63) is 24.3 Å². The number of aliphatic hydroxyl groups excluding tert-OH is 1. The molecule has 2 bridgehead atoms. The number of likely N-dealkylation sites (tertiary alicyclic amines) is 1. The molecule has 2 unspecified atom stereocenters. The van der Waals surface area contributed by atoms with Gasteiger partial charge in [-0.15, -0.1) is 11.8 Å². The van der Waals surface area contributed by atoms with Crippen LogP contribution < -0.4 is 15.4 Å². The third-order valence-electron chi connectivity index (χ3n) is 7.39. The normalized spacial score (nSPS) is 33.1. The summed E-state index contributed by atoms with van der Waals surface area (Å²) < 4.78 is 4.09. The summed E-state index contributed by atoms with van der Waals surface area (Å²) in [5.74, 6) is -1.01. The SMILES string of the molecule is CCCNC(=O)[C@@H]1[C@H]2C(=O)N([C@H](C)CO)C(C(=O)Nc3ccc(OC)cc3)C23CC[C@@]1(C)S3. The molecule has 1 aromatic carbocycles. The van der Waals surface area contributed by atoms with Gasteiger partial charge in [-0.2, -0.15) is 0 Å². The second kappa shape index (κ2) is 8.83. The number of benzene rings is 1. The van der Waals surface area contributed by atoms with E-state index in [0.29, 0.717) is 24.4 Å². The van der Waals surface area contributed by atoms with Gasteiger partial charge in [0.15, 0.2) is 0 Å². The van der Waals surface area contributed by atoms with Crippen molar-refractivity contribution in [2.24, 2.45) is 11.8 Å². The summed E-state index contributed by atoms with van der Waals surface area (Å²) >= 11 is 1.62. The first-order chi connectivity index (χ1) is 15.7. The number of fused-ring (bicyclic) bond motifs is 1. The van der Waals surface area contributed by atoms with Gasteiger partial charge < -0.3 is 25.4 Å². The molecule has 3 aliphatic heterocycles. The molecule has 6 atom stereocenters. The van der Waals surface area contributed by atoms with E-state index in [0.717, 1.165) is 12.8 Å². The van der Waals surface area contributed by atoms with Crippen molar-refractivity contribution in [2.45, 2.75) is 61.6 Å². The molecule has 1 spiro atoms. The zero-order chi connectivity index (χ0) is 24.0. The Kier molecular flexibility index (Phi) is 6.39. The number of hydrogen-bond acceptors (Lipinski definition) is 6. The molecule has 180 valence electrons. The molecule has 3 saturated heterocycles. The summed E-state index contributed by atoms with van der Waals surface area (Å²) in [5, 5.41) is 15.9. The summed E-state index contributed by atoms with van der Waals surface area (Å²) in [4.78, 5) is 42.2. The van der Waals surface area contributed by atoms with Crippen molar-refractivity contribution in [2.75, 3.05) is 25.6 Å². The van der Waals surface area contributed by atoms with Gasteiger partial charge in [0.25, 0.3) is 0 Å². The van der Waals surface area contributed by atoms with Crippen LogP contribution in [0.1, 0.15) is 40.0 Å². The molecule has 0 radical (unpaired) electrons. The fourth-order valence-corrected chi connectivity index (χ4v) is 8.21. The van der Waals surface area contributed by atoms with E-state index in [2.05, 4.69) is 10.6 Å². The van der Waals surface area contributed by atoms with Crippen LogP contribution in [0, 0.1) is 11.8 Å². The molecule has 3 N–H and O–H groups in total. The van der Waals surface area contributed by atoms with Crippen LogP contribution >= 0.6 is 11.8 Å². The van der Waals surface area contributed by atoms with Gasteiger partial charge in [0.2, 0.25) is 17.7 Å². The number of methoxy groups -OCH3 is 1. The highest BCUT2D eigenvalue weighted by atomic mass is 32.2. The molecule has 0 saturated carbocycles. The Bertz CT molecular complexity index is 941. The molecular weight excluding hydrogens is 442 g/mol. The van der Waals surface area contributed by atoms with Crippen LogP contribution in [-0.2, 0) is 14.4 Å². The molecule has 0 aromatic heterocycles. The van der Waals surface area contributed by atoms with Crippen molar-refractivity contribution in [1.29, 1.82) is 0 Å². The predicted molar refractivity (Wildman–Crippen MR) is 127 cm³/mol. The van der Waals surface area contributed by atoms with Gasteiger partial charge in [0, 0.05) is 17.0 Å². The standard InChI is InChI=1S/C24H33N3O5S/c1-5-12-25-20(29)17-18-22(31)27(14(2)13-28)19(24(18)11-10-23(17,3)33-24)21(30)26-15-6-8-16(32-4)9-7-15/h6-9,14,17-19,28H,5,10-13H2,1-4H3,(H,25,29)(H,26,30)/t14-,17+,18+,19?,23-,24?/m1/s1. The zero-order valence-electron chi connectivity index (χ0n) is 19.6. The number of ether oxygens (including phenoxy) is 1. The zero-order valence-corrected chi connectivity index (χ0v) is 20.4. The minimum Gasteiger partial charge on any atom is -0.497 e. The van der Waals surface area contributed by atoms with E-state index in [9.17, 15) is 19.5 Å². The van der Waals surface area contributed by atoms with E-state index in [1.54, 1.807) is 50.1 Å². The van der Waals surface area contributed by atoms with Crippen molar-refractivity contribution in [1.82, 2.24) is 10.2 Å². The summed E-state index contributed by atoms with van der Waals surface area (Å²) in [5.41, 5.74) is 0.602. The van der Waals surface area contributed by atoms with Crippen LogP contribution in [-0.4, -0.2) is 69.6 Å². The fraction of sp³-hybridized carbons (Fsp3) is 0.625. The third kappa shape index (κ3) is 3.69. The van der Waals surface area contributed by atoms with Crippen molar-refractivity contribution >= 4 is 35.2 Å². The Morgan fingerprint density at radius 3 is 2.58 bits per heavy atom. The summed E-state index contributed by atoms with van der Waals surface area (Å²) in [7, 11) is 1.58. The van der Waals surface area contributed by atoms with Crippen LogP contribution in [0.2, 0.25) is 0 Å². The Hall–Kier alpha value is -2.26. The molecule has 3 amide bonds. The van der Waals surface area contributed by atoms with Crippen LogP contribution in [0.15, 0.2) is 24.3 Å². The lowest BCUT2D eigenvalue weighted by Crippen LogP contribution is -2.54. The van der Waals surface area contributed by atoms with Gasteiger partial charge in [-0.3, -0.25) is 14.4 Å². The number of thioether (sulfide) groups is 1. The van der Waals surface area contributed by atoms with Crippen LogP contribution in [0.3, 0.4) is 0 Å². The lowest BCUT2D eigenvalue weighted by Gasteiger charge is -2.36. The lowest BCUT2D eigenvalue weighted by molar-refractivity contribution is -0.142. The summed E-state index contributed by atoms with van der Waals surface area (Å²) in [6.45, 7) is 6.09. The molecule has 3 aliphatic rings. The van der Waals surface area contributed by atoms with Gasteiger partial charge in [0.05, 0.1) is 36.3 Å². The second-order valence-corrected chi connectivity index (χ2v) is 11.4. The highest BCUT2D eigenvalue weighted by Gasteiger charge is 2.77. The maximum Gasteiger partial charge on any atom is 0.248 e. The van der Waals surface area contributed by atoms with E-state index in [1.165, 1.54) is 4.90 Å².